The Hall–Kier alpha value is -4.26. The second kappa shape index (κ2) is 10.4. The molecule has 0 radical (unpaired) electrons. The van der Waals surface area contributed by atoms with Gasteiger partial charge < -0.3 is 23.9 Å². The number of hydrogen-bond donors (Lipinski definition) is 1. The van der Waals surface area contributed by atoms with Crippen LogP contribution in [0.15, 0.2) is 79.1 Å². The standard InChI is InChI=1S/C26H25N3O4/c1-3-32-22-11-7-19(8-12-22)9-14-26(30)28-20-10-13-23(31-2)24(16-20)33-18-21-17-29-15-5-4-6-25(29)27-21/h4-17H,3,18H2,1-2H3,(H,28,30)/b14-9+. The van der Waals surface area contributed by atoms with Crippen molar-refractivity contribution < 1.29 is 19.0 Å². The lowest BCUT2D eigenvalue weighted by Crippen LogP contribution is -2.08. The van der Waals surface area contributed by atoms with Crippen LogP contribution in [0.1, 0.15) is 18.2 Å². The molecule has 0 spiro atoms. The Balaban J connectivity index is 1.40. The molecule has 2 heterocycles. The van der Waals surface area contributed by atoms with Gasteiger partial charge in [-0.15, -0.1) is 0 Å². The Bertz CT molecular complexity index is 1230. The monoisotopic (exact) mass is 443 g/mol. The summed E-state index contributed by atoms with van der Waals surface area (Å²) >= 11 is 0. The van der Waals surface area contributed by atoms with E-state index in [1.165, 1.54) is 6.08 Å². The summed E-state index contributed by atoms with van der Waals surface area (Å²) in [6.45, 7) is 2.82. The lowest BCUT2D eigenvalue weighted by atomic mass is 10.2. The smallest absolute Gasteiger partial charge is 0.248 e. The minimum atomic E-state index is -0.250. The highest BCUT2D eigenvalue weighted by Crippen LogP contribution is 2.31. The van der Waals surface area contributed by atoms with E-state index in [0.717, 1.165) is 22.7 Å². The van der Waals surface area contributed by atoms with Gasteiger partial charge in [-0.3, -0.25) is 4.79 Å². The number of amides is 1. The number of ether oxygens (including phenoxy) is 3. The van der Waals surface area contributed by atoms with Gasteiger partial charge in [-0.05, 0) is 55.0 Å². The van der Waals surface area contributed by atoms with Crippen LogP contribution in [0.25, 0.3) is 11.7 Å². The second-order valence-corrected chi connectivity index (χ2v) is 7.18. The first-order valence-electron chi connectivity index (χ1n) is 10.6. The number of rotatable bonds is 9. The van der Waals surface area contributed by atoms with Crippen LogP contribution in [0.5, 0.6) is 17.2 Å². The maximum Gasteiger partial charge on any atom is 0.248 e. The van der Waals surface area contributed by atoms with Crippen molar-refractivity contribution in [2.45, 2.75) is 13.5 Å². The van der Waals surface area contributed by atoms with E-state index in [0.29, 0.717) is 23.8 Å². The van der Waals surface area contributed by atoms with Gasteiger partial charge >= 0.3 is 0 Å². The van der Waals surface area contributed by atoms with Gasteiger partial charge in [-0.1, -0.05) is 18.2 Å². The molecule has 0 aliphatic rings. The van der Waals surface area contributed by atoms with Gasteiger partial charge in [0.05, 0.1) is 19.4 Å². The molecule has 0 bridgehead atoms. The highest BCUT2D eigenvalue weighted by molar-refractivity contribution is 6.02. The summed E-state index contributed by atoms with van der Waals surface area (Å²) in [4.78, 5) is 16.9. The number of fused-ring (bicyclic) bond motifs is 1. The summed E-state index contributed by atoms with van der Waals surface area (Å²) in [7, 11) is 1.57. The molecule has 4 aromatic rings. The van der Waals surface area contributed by atoms with Crippen molar-refractivity contribution in [1.82, 2.24) is 9.38 Å². The average molecular weight is 444 g/mol. The van der Waals surface area contributed by atoms with Crippen molar-refractivity contribution in [3.8, 4) is 17.2 Å². The molecule has 0 aliphatic heterocycles. The SMILES string of the molecule is CCOc1ccc(/C=C/C(=O)Nc2ccc(OC)c(OCc3cn4ccccc4n3)c2)cc1. The molecule has 0 aliphatic carbocycles. The molecule has 0 unspecified atom stereocenters. The summed E-state index contributed by atoms with van der Waals surface area (Å²) in [6, 6.07) is 18.6. The Morgan fingerprint density at radius 3 is 2.67 bits per heavy atom. The van der Waals surface area contributed by atoms with E-state index >= 15 is 0 Å². The van der Waals surface area contributed by atoms with Crippen molar-refractivity contribution >= 4 is 23.3 Å². The minimum absolute atomic E-state index is 0.250. The van der Waals surface area contributed by atoms with Crippen molar-refractivity contribution in [1.29, 1.82) is 0 Å². The largest absolute Gasteiger partial charge is 0.494 e. The van der Waals surface area contributed by atoms with E-state index in [1.807, 2.05) is 66.2 Å². The summed E-state index contributed by atoms with van der Waals surface area (Å²) in [5.74, 6) is 1.64. The molecule has 0 atom stereocenters. The summed E-state index contributed by atoms with van der Waals surface area (Å²) in [5, 5.41) is 2.85. The second-order valence-electron chi connectivity index (χ2n) is 7.18. The molecule has 168 valence electrons. The molecule has 4 rings (SSSR count). The number of pyridine rings is 1. The third-order valence-electron chi connectivity index (χ3n) is 4.84. The normalized spacial score (nSPS) is 11.0. The number of nitrogens with one attached hydrogen (secondary N) is 1. The topological polar surface area (TPSA) is 74.1 Å². The van der Waals surface area contributed by atoms with Crippen LogP contribution in [-0.2, 0) is 11.4 Å². The van der Waals surface area contributed by atoms with Crippen LogP contribution >= 0.6 is 0 Å². The summed E-state index contributed by atoms with van der Waals surface area (Å²) < 4.78 is 18.7. The highest BCUT2D eigenvalue weighted by Gasteiger charge is 2.09. The molecular formula is C26H25N3O4. The molecule has 1 N–H and O–H groups in total. The van der Waals surface area contributed by atoms with Crippen LogP contribution in [0.4, 0.5) is 5.69 Å². The van der Waals surface area contributed by atoms with Gasteiger partial charge in [0.1, 0.15) is 18.0 Å². The van der Waals surface area contributed by atoms with Gasteiger partial charge in [0.15, 0.2) is 11.5 Å². The van der Waals surface area contributed by atoms with E-state index in [9.17, 15) is 4.79 Å². The molecule has 7 heteroatoms. The van der Waals surface area contributed by atoms with Crippen LogP contribution < -0.4 is 19.5 Å². The fourth-order valence-corrected chi connectivity index (χ4v) is 3.27. The minimum Gasteiger partial charge on any atom is -0.494 e. The molecule has 0 fully saturated rings. The molecule has 2 aromatic heterocycles. The van der Waals surface area contributed by atoms with Crippen molar-refractivity contribution in [3.05, 3.63) is 90.4 Å². The van der Waals surface area contributed by atoms with Crippen LogP contribution in [0, 0.1) is 0 Å². The third kappa shape index (κ3) is 5.71. The van der Waals surface area contributed by atoms with E-state index < -0.39 is 0 Å². The number of nitrogens with zero attached hydrogens (tertiary/aromatic N) is 2. The van der Waals surface area contributed by atoms with E-state index in [4.69, 9.17) is 14.2 Å². The molecule has 1 amide bonds. The van der Waals surface area contributed by atoms with Crippen LogP contribution in [0.3, 0.4) is 0 Å². The van der Waals surface area contributed by atoms with Gasteiger partial charge in [-0.25, -0.2) is 4.98 Å². The predicted molar refractivity (Wildman–Crippen MR) is 128 cm³/mol. The zero-order valence-electron chi connectivity index (χ0n) is 18.5. The number of imidazole rings is 1. The first-order valence-corrected chi connectivity index (χ1v) is 10.6. The molecule has 0 saturated heterocycles. The lowest BCUT2D eigenvalue weighted by molar-refractivity contribution is -0.111. The van der Waals surface area contributed by atoms with E-state index in [2.05, 4.69) is 10.3 Å². The maximum atomic E-state index is 12.4. The summed E-state index contributed by atoms with van der Waals surface area (Å²) in [6.07, 6.45) is 7.08. The number of aromatic nitrogens is 2. The lowest BCUT2D eigenvalue weighted by Gasteiger charge is -2.12. The zero-order valence-corrected chi connectivity index (χ0v) is 18.5. The van der Waals surface area contributed by atoms with Crippen molar-refractivity contribution in [2.24, 2.45) is 0 Å². The number of carbonyl (C=O) groups is 1. The van der Waals surface area contributed by atoms with Gasteiger partial charge in [0, 0.05) is 30.2 Å². The molecule has 7 nitrogen and oxygen atoms in total. The van der Waals surface area contributed by atoms with Gasteiger partial charge in [0.2, 0.25) is 5.91 Å². The summed E-state index contributed by atoms with van der Waals surface area (Å²) in [5.41, 5.74) is 3.14. The zero-order chi connectivity index (χ0) is 23.0. The molecular weight excluding hydrogens is 418 g/mol. The third-order valence-corrected chi connectivity index (χ3v) is 4.84. The number of methoxy groups -OCH3 is 1. The fourth-order valence-electron chi connectivity index (χ4n) is 3.27. The van der Waals surface area contributed by atoms with Crippen LogP contribution in [0.2, 0.25) is 0 Å². The molecule has 2 aromatic carbocycles. The number of hydrogen-bond acceptors (Lipinski definition) is 5. The van der Waals surface area contributed by atoms with Crippen molar-refractivity contribution in [2.75, 3.05) is 19.0 Å². The predicted octanol–water partition coefficient (Wildman–Crippen LogP) is 4.97. The van der Waals surface area contributed by atoms with E-state index in [1.54, 1.807) is 31.4 Å². The van der Waals surface area contributed by atoms with Crippen LogP contribution in [-0.4, -0.2) is 29.0 Å². The number of anilines is 1. The molecule has 33 heavy (non-hydrogen) atoms. The van der Waals surface area contributed by atoms with E-state index in [-0.39, 0.29) is 12.5 Å². The Morgan fingerprint density at radius 1 is 1.06 bits per heavy atom. The fraction of sp³-hybridized carbons (Fsp3) is 0.154. The quantitative estimate of drug-likeness (QED) is 0.370. The van der Waals surface area contributed by atoms with Gasteiger partial charge in [0.25, 0.3) is 0 Å². The maximum absolute atomic E-state index is 12.4. The number of carbonyl (C=O) groups excluding carboxylic acids is 1. The van der Waals surface area contributed by atoms with Crippen molar-refractivity contribution in [3.63, 3.8) is 0 Å². The first-order chi connectivity index (χ1) is 16.1. The molecule has 0 saturated carbocycles. The Kier molecular flexibility index (Phi) is 6.90. The first kappa shape index (κ1) is 22.0. The Morgan fingerprint density at radius 2 is 1.91 bits per heavy atom. The Labute approximate surface area is 192 Å². The highest BCUT2D eigenvalue weighted by atomic mass is 16.5. The number of benzene rings is 2. The average Bonchev–Trinajstić information content (AvgIpc) is 3.26. The van der Waals surface area contributed by atoms with Gasteiger partial charge in [-0.2, -0.15) is 0 Å².